The summed E-state index contributed by atoms with van der Waals surface area (Å²) >= 11 is 0. The molecule has 0 aliphatic carbocycles. The third kappa shape index (κ3) is 1.80. The minimum Gasteiger partial charge on any atom is -0.396 e. The van der Waals surface area contributed by atoms with Crippen LogP contribution in [0, 0.1) is 6.92 Å². The summed E-state index contributed by atoms with van der Waals surface area (Å²) in [5.41, 5.74) is 11.3. The third-order valence-corrected chi connectivity index (χ3v) is 3.49. The number of rotatable bonds is 2. The minimum absolute atomic E-state index is 0.432. The molecule has 0 radical (unpaired) electrons. The first-order valence-corrected chi connectivity index (χ1v) is 6.38. The van der Waals surface area contributed by atoms with E-state index < -0.39 is 0 Å². The van der Waals surface area contributed by atoms with Gasteiger partial charge in [-0.1, -0.05) is 0 Å². The van der Waals surface area contributed by atoms with Gasteiger partial charge in [0.15, 0.2) is 11.2 Å². The molecule has 0 aliphatic heterocycles. The van der Waals surface area contributed by atoms with Gasteiger partial charge in [-0.05, 0) is 34.9 Å². The highest BCUT2D eigenvalue weighted by molar-refractivity contribution is 5.85. The number of nitrogens with zero attached hydrogens (tertiary/aromatic N) is 6. The van der Waals surface area contributed by atoms with E-state index in [-0.39, 0.29) is 0 Å². The number of hydrogen-bond donors (Lipinski definition) is 1. The van der Waals surface area contributed by atoms with Crippen LogP contribution in [0.3, 0.4) is 0 Å². The zero-order valence-electron chi connectivity index (χ0n) is 11.2. The SMILES string of the molecule is Cc1nc2nonc2c(N)c1Cc1ccn2ncnc2c1. The quantitative estimate of drug-likeness (QED) is 0.587. The first-order valence-electron chi connectivity index (χ1n) is 6.38. The molecule has 0 aromatic carbocycles. The number of aromatic nitrogens is 6. The molecule has 0 unspecified atom stereocenters. The van der Waals surface area contributed by atoms with Crippen LogP contribution in [0.15, 0.2) is 29.3 Å². The molecule has 2 N–H and O–H groups in total. The first-order chi connectivity index (χ1) is 10.2. The number of nitrogen functional groups attached to an aromatic ring is 1. The topological polar surface area (TPSA) is 108 Å². The molecule has 0 saturated heterocycles. The molecule has 4 aromatic rings. The van der Waals surface area contributed by atoms with Gasteiger partial charge in [0.2, 0.25) is 5.65 Å². The molecule has 0 saturated carbocycles. The van der Waals surface area contributed by atoms with Crippen LogP contribution in [-0.4, -0.2) is 29.9 Å². The van der Waals surface area contributed by atoms with Crippen molar-refractivity contribution in [3.05, 3.63) is 41.5 Å². The highest BCUT2D eigenvalue weighted by Gasteiger charge is 2.15. The van der Waals surface area contributed by atoms with Gasteiger partial charge in [-0.3, -0.25) is 0 Å². The van der Waals surface area contributed by atoms with E-state index in [0.717, 1.165) is 22.5 Å². The fourth-order valence-corrected chi connectivity index (χ4v) is 2.39. The van der Waals surface area contributed by atoms with Gasteiger partial charge >= 0.3 is 0 Å². The molecule has 0 atom stereocenters. The standard InChI is InChI=1S/C13H11N7O/c1-7-9(11(14)12-13(17-7)19-21-18-12)4-8-2-3-20-10(5-8)15-6-16-20/h2-3,5-6H,4,14H2,1H3. The number of aryl methyl sites for hydroxylation is 1. The van der Waals surface area contributed by atoms with Crippen molar-refractivity contribution in [1.82, 2.24) is 29.9 Å². The predicted octanol–water partition coefficient (Wildman–Crippen LogP) is 1.14. The Bertz CT molecular complexity index is 956. The lowest BCUT2D eigenvalue weighted by Crippen LogP contribution is -2.03. The van der Waals surface area contributed by atoms with Crippen molar-refractivity contribution in [2.45, 2.75) is 13.3 Å². The Balaban J connectivity index is 1.82. The Morgan fingerprint density at radius 2 is 2.24 bits per heavy atom. The molecule has 0 spiro atoms. The van der Waals surface area contributed by atoms with Gasteiger partial charge in [0, 0.05) is 23.9 Å². The first kappa shape index (κ1) is 11.8. The van der Waals surface area contributed by atoms with Crippen molar-refractivity contribution in [2.24, 2.45) is 0 Å². The number of anilines is 1. The fraction of sp³-hybridized carbons (Fsp3) is 0.154. The Kier molecular flexibility index (Phi) is 2.37. The van der Waals surface area contributed by atoms with Crippen LogP contribution in [0.5, 0.6) is 0 Å². The Labute approximate surface area is 118 Å². The summed E-state index contributed by atoms with van der Waals surface area (Å²) in [6.07, 6.45) is 4.02. The molecule has 8 heteroatoms. The maximum absolute atomic E-state index is 6.17. The van der Waals surface area contributed by atoms with E-state index in [1.54, 1.807) is 4.52 Å². The molecule has 0 aliphatic rings. The summed E-state index contributed by atoms with van der Waals surface area (Å²) in [6.45, 7) is 1.90. The smallest absolute Gasteiger partial charge is 0.226 e. The van der Waals surface area contributed by atoms with E-state index in [9.17, 15) is 0 Å². The average molecular weight is 281 g/mol. The second-order valence-electron chi connectivity index (χ2n) is 4.80. The lowest BCUT2D eigenvalue weighted by atomic mass is 10.0. The average Bonchev–Trinajstić information content (AvgIpc) is 3.11. The summed E-state index contributed by atoms with van der Waals surface area (Å²) in [5, 5.41) is 11.6. The van der Waals surface area contributed by atoms with Gasteiger partial charge in [-0.15, -0.1) is 0 Å². The molecule has 0 bridgehead atoms. The van der Waals surface area contributed by atoms with Crippen LogP contribution in [0.1, 0.15) is 16.8 Å². The van der Waals surface area contributed by atoms with Gasteiger partial charge in [-0.2, -0.15) is 5.10 Å². The number of pyridine rings is 2. The van der Waals surface area contributed by atoms with Gasteiger partial charge in [-0.25, -0.2) is 19.1 Å². The summed E-state index contributed by atoms with van der Waals surface area (Å²) in [6, 6.07) is 3.95. The Morgan fingerprint density at radius 3 is 3.14 bits per heavy atom. The molecule has 8 nitrogen and oxygen atoms in total. The van der Waals surface area contributed by atoms with Crippen LogP contribution in [0.25, 0.3) is 16.8 Å². The van der Waals surface area contributed by atoms with Crippen LogP contribution in [0.2, 0.25) is 0 Å². The number of hydrogen-bond acceptors (Lipinski definition) is 7. The van der Waals surface area contributed by atoms with E-state index in [0.29, 0.717) is 23.3 Å². The molecule has 104 valence electrons. The van der Waals surface area contributed by atoms with Crippen molar-refractivity contribution in [1.29, 1.82) is 0 Å². The van der Waals surface area contributed by atoms with Crippen LogP contribution < -0.4 is 5.73 Å². The Hall–Kier alpha value is -3.03. The van der Waals surface area contributed by atoms with Gasteiger partial charge in [0.1, 0.15) is 6.33 Å². The van der Waals surface area contributed by atoms with E-state index in [2.05, 4.69) is 30.0 Å². The second kappa shape index (κ2) is 4.23. The lowest BCUT2D eigenvalue weighted by Gasteiger charge is -2.08. The summed E-state index contributed by atoms with van der Waals surface area (Å²) in [5.74, 6) is 0. The van der Waals surface area contributed by atoms with Crippen molar-refractivity contribution < 1.29 is 4.63 Å². The summed E-state index contributed by atoms with van der Waals surface area (Å²) in [4.78, 5) is 8.54. The normalized spacial score (nSPS) is 11.5. The van der Waals surface area contributed by atoms with Crippen molar-refractivity contribution >= 4 is 22.5 Å². The van der Waals surface area contributed by atoms with Crippen LogP contribution >= 0.6 is 0 Å². The maximum atomic E-state index is 6.17. The van der Waals surface area contributed by atoms with E-state index >= 15 is 0 Å². The van der Waals surface area contributed by atoms with Crippen molar-refractivity contribution in [2.75, 3.05) is 5.73 Å². The lowest BCUT2D eigenvalue weighted by molar-refractivity contribution is 0.315. The maximum Gasteiger partial charge on any atom is 0.226 e. The van der Waals surface area contributed by atoms with Crippen LogP contribution in [0.4, 0.5) is 5.69 Å². The monoisotopic (exact) mass is 281 g/mol. The Morgan fingerprint density at radius 1 is 1.33 bits per heavy atom. The van der Waals surface area contributed by atoms with Gasteiger partial charge in [0.25, 0.3) is 0 Å². The number of nitrogens with two attached hydrogens (primary N) is 1. The zero-order chi connectivity index (χ0) is 14.4. The molecule has 0 fully saturated rings. The second-order valence-corrected chi connectivity index (χ2v) is 4.80. The molecular weight excluding hydrogens is 270 g/mol. The zero-order valence-corrected chi connectivity index (χ0v) is 11.2. The van der Waals surface area contributed by atoms with Crippen molar-refractivity contribution in [3.63, 3.8) is 0 Å². The molecule has 0 amide bonds. The van der Waals surface area contributed by atoms with E-state index in [4.69, 9.17) is 5.73 Å². The molecule has 4 aromatic heterocycles. The van der Waals surface area contributed by atoms with Gasteiger partial charge < -0.3 is 5.73 Å². The highest BCUT2D eigenvalue weighted by Crippen LogP contribution is 2.25. The predicted molar refractivity (Wildman–Crippen MR) is 74.5 cm³/mol. The highest BCUT2D eigenvalue weighted by atomic mass is 16.6. The summed E-state index contributed by atoms with van der Waals surface area (Å²) in [7, 11) is 0. The van der Waals surface area contributed by atoms with Crippen molar-refractivity contribution in [3.8, 4) is 0 Å². The molecular formula is C13H11N7O. The molecule has 21 heavy (non-hydrogen) atoms. The van der Waals surface area contributed by atoms with Gasteiger partial charge in [0.05, 0.1) is 5.69 Å². The van der Waals surface area contributed by atoms with E-state index in [1.165, 1.54) is 6.33 Å². The third-order valence-electron chi connectivity index (χ3n) is 3.49. The minimum atomic E-state index is 0.432. The molecule has 4 heterocycles. The summed E-state index contributed by atoms with van der Waals surface area (Å²) < 4.78 is 6.40. The largest absolute Gasteiger partial charge is 0.396 e. The van der Waals surface area contributed by atoms with Crippen LogP contribution in [-0.2, 0) is 6.42 Å². The fourth-order valence-electron chi connectivity index (χ4n) is 2.39. The van der Waals surface area contributed by atoms with E-state index in [1.807, 2.05) is 25.3 Å². The molecule has 4 rings (SSSR count). The number of fused-ring (bicyclic) bond motifs is 2.